The first kappa shape index (κ1) is 17.7. The van der Waals surface area contributed by atoms with Crippen LogP contribution in [0.2, 0.25) is 0 Å². The number of ether oxygens (including phenoxy) is 2. The quantitative estimate of drug-likeness (QED) is 0.740. The van der Waals surface area contributed by atoms with E-state index in [-0.39, 0.29) is 24.3 Å². The Hall–Kier alpha value is -2.12. The van der Waals surface area contributed by atoms with E-state index >= 15 is 0 Å². The van der Waals surface area contributed by atoms with E-state index in [0.717, 1.165) is 32.7 Å². The highest BCUT2D eigenvalue weighted by Gasteiger charge is 2.43. The molecule has 0 N–H and O–H groups in total. The van der Waals surface area contributed by atoms with E-state index in [0.29, 0.717) is 17.2 Å². The number of nitrogens with zero attached hydrogens (tertiary/aromatic N) is 3. The monoisotopic (exact) mass is 347 g/mol. The van der Waals surface area contributed by atoms with Crippen molar-refractivity contribution in [3.05, 3.63) is 18.2 Å². The minimum atomic E-state index is -0.372. The lowest BCUT2D eigenvalue weighted by molar-refractivity contribution is -0.123. The summed E-state index contributed by atoms with van der Waals surface area (Å²) in [6.07, 6.45) is 0.227. The molecule has 25 heavy (non-hydrogen) atoms. The molecule has 2 aliphatic heterocycles. The van der Waals surface area contributed by atoms with Crippen molar-refractivity contribution in [1.82, 2.24) is 9.80 Å². The van der Waals surface area contributed by atoms with Crippen molar-refractivity contribution in [3.63, 3.8) is 0 Å². The number of carbonyl (C=O) groups is 2. The van der Waals surface area contributed by atoms with Gasteiger partial charge in [0.25, 0.3) is 5.91 Å². The average molecular weight is 347 g/mol. The number of hydrogen-bond donors (Lipinski definition) is 0. The standard InChI is InChI=1S/C18H25N3O4/c1-4-19-5-7-20(8-6-19)16-12-17(22)21(18(16)23)13-9-14(24-2)11-15(10-13)25-3/h9-11,16H,4-8,12H2,1-3H3/t16-/m1/s1. The fraction of sp³-hybridized carbons (Fsp3) is 0.556. The average Bonchev–Trinajstić information content (AvgIpc) is 2.95. The molecule has 136 valence electrons. The first-order valence-corrected chi connectivity index (χ1v) is 8.63. The summed E-state index contributed by atoms with van der Waals surface area (Å²) in [6, 6.07) is 4.73. The third-order valence-electron chi connectivity index (χ3n) is 5.01. The predicted molar refractivity (Wildman–Crippen MR) is 94.1 cm³/mol. The van der Waals surface area contributed by atoms with Gasteiger partial charge in [0.1, 0.15) is 11.5 Å². The minimum Gasteiger partial charge on any atom is -0.497 e. The molecule has 2 amide bonds. The molecular formula is C18H25N3O4. The van der Waals surface area contributed by atoms with Crippen LogP contribution in [-0.4, -0.2) is 74.6 Å². The number of rotatable bonds is 5. The third kappa shape index (κ3) is 3.48. The zero-order valence-corrected chi connectivity index (χ0v) is 15.0. The molecule has 0 saturated carbocycles. The summed E-state index contributed by atoms with van der Waals surface area (Å²) >= 11 is 0. The maximum atomic E-state index is 12.9. The Kier molecular flexibility index (Phi) is 5.24. The number of imide groups is 1. The van der Waals surface area contributed by atoms with E-state index in [9.17, 15) is 9.59 Å². The van der Waals surface area contributed by atoms with Crippen LogP contribution in [0.15, 0.2) is 18.2 Å². The third-order valence-corrected chi connectivity index (χ3v) is 5.01. The molecule has 7 heteroatoms. The molecule has 0 spiro atoms. The Morgan fingerprint density at radius 3 is 2.12 bits per heavy atom. The lowest BCUT2D eigenvalue weighted by atomic mass is 10.1. The topological polar surface area (TPSA) is 62.3 Å². The Morgan fingerprint density at radius 2 is 1.60 bits per heavy atom. The van der Waals surface area contributed by atoms with Crippen molar-refractivity contribution in [3.8, 4) is 11.5 Å². The zero-order chi connectivity index (χ0) is 18.0. The summed E-state index contributed by atoms with van der Waals surface area (Å²) < 4.78 is 10.5. The van der Waals surface area contributed by atoms with E-state index in [1.54, 1.807) is 32.4 Å². The van der Waals surface area contributed by atoms with Crippen LogP contribution in [0.4, 0.5) is 5.69 Å². The van der Waals surface area contributed by atoms with Gasteiger partial charge in [-0.2, -0.15) is 0 Å². The summed E-state index contributed by atoms with van der Waals surface area (Å²) in [7, 11) is 3.09. The summed E-state index contributed by atoms with van der Waals surface area (Å²) in [5.41, 5.74) is 0.501. The van der Waals surface area contributed by atoms with Crippen LogP contribution in [0.1, 0.15) is 13.3 Å². The molecular weight excluding hydrogens is 322 g/mol. The molecule has 0 bridgehead atoms. The second-order valence-electron chi connectivity index (χ2n) is 6.33. The second kappa shape index (κ2) is 7.41. The number of carbonyl (C=O) groups excluding carboxylic acids is 2. The minimum absolute atomic E-state index is 0.162. The van der Waals surface area contributed by atoms with Crippen LogP contribution >= 0.6 is 0 Å². The normalized spacial score (nSPS) is 22.5. The van der Waals surface area contributed by atoms with Gasteiger partial charge in [-0.15, -0.1) is 0 Å². The van der Waals surface area contributed by atoms with Gasteiger partial charge in [0.05, 0.1) is 32.4 Å². The lowest BCUT2D eigenvalue weighted by Gasteiger charge is -2.36. The summed E-state index contributed by atoms with van der Waals surface area (Å²) in [4.78, 5) is 31.2. The second-order valence-corrected chi connectivity index (χ2v) is 6.33. The number of methoxy groups -OCH3 is 2. The smallest absolute Gasteiger partial charge is 0.251 e. The molecule has 3 rings (SSSR count). The largest absolute Gasteiger partial charge is 0.497 e. The Labute approximate surface area is 148 Å². The highest BCUT2D eigenvalue weighted by molar-refractivity contribution is 6.22. The van der Waals surface area contributed by atoms with E-state index in [1.165, 1.54) is 4.90 Å². The zero-order valence-electron chi connectivity index (χ0n) is 15.0. The first-order valence-electron chi connectivity index (χ1n) is 8.63. The van der Waals surface area contributed by atoms with Crippen molar-refractivity contribution in [2.75, 3.05) is 51.8 Å². The van der Waals surface area contributed by atoms with E-state index in [2.05, 4.69) is 16.7 Å². The van der Waals surface area contributed by atoms with Gasteiger partial charge in [-0.1, -0.05) is 6.92 Å². The molecule has 1 atom stereocenters. The van der Waals surface area contributed by atoms with Gasteiger partial charge in [0, 0.05) is 44.4 Å². The number of benzene rings is 1. The lowest BCUT2D eigenvalue weighted by Crippen LogP contribution is -2.52. The van der Waals surface area contributed by atoms with Crippen molar-refractivity contribution >= 4 is 17.5 Å². The number of hydrogen-bond acceptors (Lipinski definition) is 6. The van der Waals surface area contributed by atoms with Gasteiger partial charge in [0.2, 0.25) is 5.91 Å². The number of piperazine rings is 1. The Balaban J connectivity index is 1.80. The van der Waals surface area contributed by atoms with Crippen molar-refractivity contribution in [2.45, 2.75) is 19.4 Å². The number of likely N-dealkylation sites (N-methyl/N-ethyl adjacent to an activating group) is 1. The van der Waals surface area contributed by atoms with Gasteiger partial charge in [-0.3, -0.25) is 14.5 Å². The summed E-state index contributed by atoms with van der Waals surface area (Å²) in [6.45, 7) is 6.64. The maximum Gasteiger partial charge on any atom is 0.251 e. The van der Waals surface area contributed by atoms with E-state index in [1.807, 2.05) is 0 Å². The summed E-state index contributed by atoms with van der Waals surface area (Å²) in [5.74, 6) is 0.762. The van der Waals surface area contributed by atoms with E-state index < -0.39 is 0 Å². The fourth-order valence-corrected chi connectivity index (χ4v) is 3.49. The van der Waals surface area contributed by atoms with Crippen molar-refractivity contribution in [2.24, 2.45) is 0 Å². The maximum absolute atomic E-state index is 12.9. The summed E-state index contributed by atoms with van der Waals surface area (Å²) in [5, 5.41) is 0. The Bertz CT molecular complexity index is 633. The molecule has 2 saturated heterocycles. The molecule has 2 aliphatic rings. The van der Waals surface area contributed by atoms with Gasteiger partial charge in [-0.05, 0) is 6.54 Å². The SMILES string of the molecule is CCN1CCN([C@@H]2CC(=O)N(c3cc(OC)cc(OC)c3)C2=O)CC1. The molecule has 7 nitrogen and oxygen atoms in total. The molecule has 0 aliphatic carbocycles. The van der Waals surface area contributed by atoms with Crippen molar-refractivity contribution in [1.29, 1.82) is 0 Å². The number of amides is 2. The molecule has 0 aromatic heterocycles. The molecule has 0 unspecified atom stereocenters. The van der Waals surface area contributed by atoms with Crippen LogP contribution in [0, 0.1) is 0 Å². The highest BCUT2D eigenvalue weighted by Crippen LogP contribution is 2.32. The van der Waals surface area contributed by atoms with Gasteiger partial charge < -0.3 is 14.4 Å². The molecule has 1 aromatic rings. The van der Waals surface area contributed by atoms with Crippen LogP contribution < -0.4 is 14.4 Å². The van der Waals surface area contributed by atoms with Gasteiger partial charge >= 0.3 is 0 Å². The van der Waals surface area contributed by atoms with Crippen molar-refractivity contribution < 1.29 is 19.1 Å². The van der Waals surface area contributed by atoms with Crippen LogP contribution in [0.25, 0.3) is 0 Å². The first-order chi connectivity index (χ1) is 12.1. The van der Waals surface area contributed by atoms with Gasteiger partial charge in [0.15, 0.2) is 0 Å². The molecule has 0 radical (unpaired) electrons. The van der Waals surface area contributed by atoms with Crippen LogP contribution in [0.5, 0.6) is 11.5 Å². The highest BCUT2D eigenvalue weighted by atomic mass is 16.5. The number of anilines is 1. The molecule has 2 heterocycles. The molecule has 1 aromatic carbocycles. The van der Waals surface area contributed by atoms with E-state index in [4.69, 9.17) is 9.47 Å². The molecule has 2 fully saturated rings. The van der Waals surface area contributed by atoms with Crippen LogP contribution in [-0.2, 0) is 9.59 Å². The Morgan fingerprint density at radius 1 is 1.00 bits per heavy atom. The fourth-order valence-electron chi connectivity index (χ4n) is 3.49. The predicted octanol–water partition coefficient (Wildman–Crippen LogP) is 0.973. The van der Waals surface area contributed by atoms with Crippen LogP contribution in [0.3, 0.4) is 0 Å². The van der Waals surface area contributed by atoms with Gasteiger partial charge in [-0.25, -0.2) is 4.90 Å².